The van der Waals surface area contributed by atoms with Gasteiger partial charge in [-0.1, -0.05) is 0 Å². The fourth-order valence-electron chi connectivity index (χ4n) is 3.25. The summed E-state index contributed by atoms with van der Waals surface area (Å²) in [6, 6.07) is 7.48. The monoisotopic (exact) mass is 284 g/mol. The third-order valence-corrected chi connectivity index (χ3v) is 5.01. The Morgan fingerprint density at radius 1 is 1.33 bits per heavy atom. The minimum absolute atomic E-state index is 0.546. The van der Waals surface area contributed by atoms with Crippen LogP contribution in [0.2, 0.25) is 0 Å². The number of nitrogens with two attached hydrogens (primary N) is 1. The number of nitrogens with zero attached hydrogens (tertiary/aromatic N) is 3. The van der Waals surface area contributed by atoms with Crippen LogP contribution in [0.15, 0.2) is 18.2 Å². The molecular weight excluding hydrogens is 260 g/mol. The van der Waals surface area contributed by atoms with Gasteiger partial charge in [-0.25, -0.2) is 4.98 Å². The van der Waals surface area contributed by atoms with Gasteiger partial charge in [-0.2, -0.15) is 0 Å². The molecule has 4 rings (SSSR count). The van der Waals surface area contributed by atoms with Gasteiger partial charge in [0.05, 0.1) is 11.0 Å². The largest absolute Gasteiger partial charge is 0.399 e. The highest BCUT2D eigenvalue weighted by Crippen LogP contribution is 2.41. The van der Waals surface area contributed by atoms with Crippen molar-refractivity contribution in [3.8, 4) is 0 Å². The number of fused-ring (bicyclic) bond motifs is 1. The second-order valence-electron chi connectivity index (χ2n) is 6.85. The molecule has 1 aromatic carbocycles. The van der Waals surface area contributed by atoms with Crippen molar-refractivity contribution in [3.05, 3.63) is 24.0 Å². The number of rotatable bonds is 5. The molecule has 2 fully saturated rings. The van der Waals surface area contributed by atoms with Crippen molar-refractivity contribution < 1.29 is 0 Å². The van der Waals surface area contributed by atoms with E-state index in [0.29, 0.717) is 12.0 Å². The van der Waals surface area contributed by atoms with E-state index in [-0.39, 0.29) is 0 Å². The Morgan fingerprint density at radius 2 is 2.10 bits per heavy atom. The minimum Gasteiger partial charge on any atom is -0.399 e. The van der Waals surface area contributed by atoms with E-state index in [1.165, 1.54) is 37.0 Å². The maximum atomic E-state index is 5.91. The van der Waals surface area contributed by atoms with Crippen LogP contribution in [0.1, 0.15) is 44.3 Å². The topological polar surface area (TPSA) is 47.1 Å². The Labute approximate surface area is 125 Å². The molecule has 112 valence electrons. The number of hydrogen-bond acceptors (Lipinski definition) is 3. The van der Waals surface area contributed by atoms with Crippen molar-refractivity contribution in [2.24, 2.45) is 0 Å². The van der Waals surface area contributed by atoms with Crippen molar-refractivity contribution >= 4 is 16.7 Å². The van der Waals surface area contributed by atoms with E-state index in [4.69, 9.17) is 10.7 Å². The molecular formula is C17H24N4. The molecule has 4 heteroatoms. The summed E-state index contributed by atoms with van der Waals surface area (Å²) in [5, 5.41) is 0. The quantitative estimate of drug-likeness (QED) is 0.859. The zero-order valence-corrected chi connectivity index (χ0v) is 12.9. The van der Waals surface area contributed by atoms with Gasteiger partial charge in [0.15, 0.2) is 0 Å². The predicted molar refractivity (Wildman–Crippen MR) is 86.4 cm³/mol. The Morgan fingerprint density at radius 3 is 2.76 bits per heavy atom. The summed E-state index contributed by atoms with van der Waals surface area (Å²) < 4.78 is 2.44. The summed E-state index contributed by atoms with van der Waals surface area (Å²) in [6.45, 7) is 3.36. The molecule has 1 aromatic heterocycles. The van der Waals surface area contributed by atoms with Gasteiger partial charge < -0.3 is 10.3 Å². The van der Waals surface area contributed by atoms with E-state index >= 15 is 0 Å². The number of likely N-dealkylation sites (N-methyl/N-ethyl adjacent to an activating group) is 1. The summed E-state index contributed by atoms with van der Waals surface area (Å²) >= 11 is 0. The van der Waals surface area contributed by atoms with Gasteiger partial charge in [0.1, 0.15) is 5.82 Å². The van der Waals surface area contributed by atoms with Gasteiger partial charge in [0, 0.05) is 30.2 Å². The Hall–Kier alpha value is -1.55. The van der Waals surface area contributed by atoms with Crippen LogP contribution in [0.5, 0.6) is 0 Å². The number of nitrogen functional groups attached to an aromatic ring is 1. The second-order valence-corrected chi connectivity index (χ2v) is 6.85. The Bertz CT molecular complexity index is 667. The van der Waals surface area contributed by atoms with Crippen molar-refractivity contribution in [3.63, 3.8) is 0 Å². The maximum absolute atomic E-state index is 5.91. The molecule has 0 radical (unpaired) electrons. The van der Waals surface area contributed by atoms with Crippen LogP contribution in [0, 0.1) is 0 Å². The SMILES string of the molecule is CC(Cn1c(C2CC2)nc2cc(N)ccc21)N(C)C1CC1. The standard InChI is InChI=1S/C17H24N4/c1-11(20(2)14-6-7-14)10-21-16-8-5-13(18)9-15(16)19-17(21)12-3-4-12/h5,8-9,11-12,14H,3-4,6-7,10,18H2,1-2H3. The Kier molecular flexibility index (Phi) is 2.96. The number of aromatic nitrogens is 2. The van der Waals surface area contributed by atoms with Gasteiger partial charge in [-0.3, -0.25) is 4.90 Å². The van der Waals surface area contributed by atoms with E-state index in [9.17, 15) is 0 Å². The average molecular weight is 284 g/mol. The lowest BCUT2D eigenvalue weighted by molar-refractivity contribution is 0.226. The molecule has 1 heterocycles. The lowest BCUT2D eigenvalue weighted by Crippen LogP contribution is -2.34. The summed E-state index contributed by atoms with van der Waals surface area (Å²) in [4.78, 5) is 7.40. The zero-order chi connectivity index (χ0) is 14.6. The first-order chi connectivity index (χ1) is 10.1. The number of anilines is 1. The molecule has 21 heavy (non-hydrogen) atoms. The number of hydrogen-bond donors (Lipinski definition) is 1. The summed E-state index contributed by atoms with van der Waals surface area (Å²) in [5.41, 5.74) is 9.01. The van der Waals surface area contributed by atoms with E-state index in [2.05, 4.69) is 29.5 Å². The smallest absolute Gasteiger partial charge is 0.113 e. The zero-order valence-electron chi connectivity index (χ0n) is 12.9. The van der Waals surface area contributed by atoms with E-state index in [1.807, 2.05) is 12.1 Å². The van der Waals surface area contributed by atoms with Crippen molar-refractivity contribution in [1.29, 1.82) is 0 Å². The molecule has 0 aliphatic heterocycles. The third kappa shape index (κ3) is 2.42. The van der Waals surface area contributed by atoms with E-state index < -0.39 is 0 Å². The van der Waals surface area contributed by atoms with Crippen LogP contribution in [-0.2, 0) is 6.54 Å². The molecule has 2 aromatic rings. The molecule has 0 saturated heterocycles. The molecule has 1 atom stereocenters. The van der Waals surface area contributed by atoms with Crippen molar-refractivity contribution in [2.45, 2.75) is 57.2 Å². The first-order valence-corrected chi connectivity index (χ1v) is 8.11. The summed E-state index contributed by atoms with van der Waals surface area (Å²) in [6.07, 6.45) is 5.28. The van der Waals surface area contributed by atoms with Crippen LogP contribution in [0.3, 0.4) is 0 Å². The average Bonchev–Trinajstić information content (AvgIpc) is 3.36. The minimum atomic E-state index is 0.546. The molecule has 2 aliphatic carbocycles. The molecule has 1 unspecified atom stereocenters. The summed E-state index contributed by atoms with van der Waals surface area (Å²) in [7, 11) is 2.26. The first kappa shape index (κ1) is 13.1. The lowest BCUT2D eigenvalue weighted by Gasteiger charge is -2.25. The van der Waals surface area contributed by atoms with E-state index in [0.717, 1.165) is 23.8 Å². The predicted octanol–water partition coefficient (Wildman–Crippen LogP) is 2.98. The number of imidazole rings is 1. The van der Waals surface area contributed by atoms with Crippen LogP contribution < -0.4 is 5.73 Å². The van der Waals surface area contributed by atoms with Crippen LogP contribution in [0.25, 0.3) is 11.0 Å². The van der Waals surface area contributed by atoms with Gasteiger partial charge in [-0.05, 0) is 57.9 Å². The van der Waals surface area contributed by atoms with Crippen LogP contribution in [0.4, 0.5) is 5.69 Å². The normalized spacial score (nSPS) is 20.3. The molecule has 0 amide bonds. The van der Waals surface area contributed by atoms with Crippen LogP contribution >= 0.6 is 0 Å². The van der Waals surface area contributed by atoms with E-state index in [1.54, 1.807) is 0 Å². The highest BCUT2D eigenvalue weighted by Gasteiger charge is 2.32. The fraction of sp³-hybridized carbons (Fsp3) is 0.588. The molecule has 0 spiro atoms. The molecule has 2 N–H and O–H groups in total. The third-order valence-electron chi connectivity index (χ3n) is 5.01. The molecule has 0 bridgehead atoms. The maximum Gasteiger partial charge on any atom is 0.113 e. The van der Waals surface area contributed by atoms with Gasteiger partial charge >= 0.3 is 0 Å². The fourth-order valence-corrected chi connectivity index (χ4v) is 3.25. The lowest BCUT2D eigenvalue weighted by atomic mass is 10.2. The van der Waals surface area contributed by atoms with Crippen LogP contribution in [-0.4, -0.2) is 33.6 Å². The number of benzene rings is 1. The Balaban J connectivity index is 1.69. The van der Waals surface area contributed by atoms with Crippen molar-refractivity contribution in [2.75, 3.05) is 12.8 Å². The summed E-state index contributed by atoms with van der Waals surface area (Å²) in [5.74, 6) is 1.93. The molecule has 4 nitrogen and oxygen atoms in total. The van der Waals surface area contributed by atoms with Gasteiger partial charge in [0.2, 0.25) is 0 Å². The highest BCUT2D eigenvalue weighted by atomic mass is 15.2. The van der Waals surface area contributed by atoms with Gasteiger partial charge in [0.25, 0.3) is 0 Å². The highest BCUT2D eigenvalue weighted by molar-refractivity contribution is 5.79. The van der Waals surface area contributed by atoms with Gasteiger partial charge in [-0.15, -0.1) is 0 Å². The second kappa shape index (κ2) is 4.73. The van der Waals surface area contributed by atoms with Crippen molar-refractivity contribution in [1.82, 2.24) is 14.5 Å². The first-order valence-electron chi connectivity index (χ1n) is 8.11. The molecule has 2 aliphatic rings. The molecule has 2 saturated carbocycles.